The highest BCUT2D eigenvalue weighted by Crippen LogP contribution is 2.18. The van der Waals surface area contributed by atoms with Gasteiger partial charge in [0.2, 0.25) is 11.8 Å². The number of rotatable bonds is 8. The molecule has 2 saturated heterocycles. The van der Waals surface area contributed by atoms with Crippen LogP contribution in [-0.4, -0.2) is 79.7 Å². The molecule has 2 fully saturated rings. The number of nitrogens with zero attached hydrogens (tertiary/aromatic N) is 2. The summed E-state index contributed by atoms with van der Waals surface area (Å²) in [6, 6.07) is 6.51. The van der Waals surface area contributed by atoms with E-state index in [-0.39, 0.29) is 25.0 Å². The van der Waals surface area contributed by atoms with Crippen molar-refractivity contribution in [1.82, 2.24) is 15.1 Å². The minimum absolute atomic E-state index is 0.0537. The molecule has 3 rings (SSSR count). The number of ether oxygens (including phenoxy) is 2. The molecule has 0 saturated carbocycles. The number of carbonyl (C=O) groups is 3. The second-order valence-corrected chi connectivity index (χ2v) is 7.20. The number of benzene rings is 1. The summed E-state index contributed by atoms with van der Waals surface area (Å²) in [6.45, 7) is 6.60. The molecule has 3 amide bonds. The van der Waals surface area contributed by atoms with Gasteiger partial charge in [0.1, 0.15) is 12.6 Å². The Balaban J connectivity index is 1.47. The predicted octanol–water partition coefficient (Wildman–Crippen LogP) is 0.804. The summed E-state index contributed by atoms with van der Waals surface area (Å²) in [7, 11) is 0. The topological polar surface area (TPSA) is 100 Å². The highest BCUT2D eigenvalue weighted by molar-refractivity contribution is 5.89. The van der Waals surface area contributed by atoms with Gasteiger partial charge in [-0.05, 0) is 30.7 Å². The first kappa shape index (κ1) is 21.1. The van der Waals surface area contributed by atoms with Gasteiger partial charge in [0.05, 0.1) is 19.8 Å². The first-order valence-electron chi connectivity index (χ1n) is 9.90. The Labute approximate surface area is 170 Å². The molecule has 9 heteroatoms. The van der Waals surface area contributed by atoms with Crippen molar-refractivity contribution >= 4 is 23.6 Å². The van der Waals surface area contributed by atoms with Gasteiger partial charge in [-0.2, -0.15) is 0 Å². The molecule has 0 bridgehead atoms. The summed E-state index contributed by atoms with van der Waals surface area (Å²) >= 11 is 0. The van der Waals surface area contributed by atoms with Gasteiger partial charge in [-0.1, -0.05) is 12.1 Å². The zero-order valence-electron chi connectivity index (χ0n) is 16.7. The molecule has 0 unspecified atom stereocenters. The molecule has 2 heterocycles. The van der Waals surface area contributed by atoms with E-state index < -0.39 is 12.1 Å². The average molecular weight is 404 g/mol. The monoisotopic (exact) mass is 404 g/mol. The van der Waals surface area contributed by atoms with Crippen LogP contribution >= 0.6 is 0 Å². The maximum absolute atomic E-state index is 12.6. The van der Waals surface area contributed by atoms with Gasteiger partial charge in [-0.15, -0.1) is 0 Å². The van der Waals surface area contributed by atoms with Crippen molar-refractivity contribution in [1.29, 1.82) is 0 Å². The molecule has 0 radical (unpaired) electrons. The zero-order chi connectivity index (χ0) is 20.6. The third kappa shape index (κ3) is 6.16. The van der Waals surface area contributed by atoms with E-state index in [9.17, 15) is 14.4 Å². The standard InChI is InChI=1S/C20H28N4O5/c1-15(25)22-17-5-3-16(4-6-17)13-24-18(14-29-20(24)27)19(26)21-7-2-8-23-9-11-28-12-10-23/h3-6,18H,2,7-14H2,1H3,(H,21,26)(H,22,25)/t18-/m0/s1. The number of hydrogen-bond acceptors (Lipinski definition) is 6. The van der Waals surface area contributed by atoms with Gasteiger partial charge in [0.15, 0.2) is 0 Å². The van der Waals surface area contributed by atoms with Crippen LogP contribution in [0.1, 0.15) is 18.9 Å². The summed E-state index contributed by atoms with van der Waals surface area (Å²) in [6.07, 6.45) is 0.349. The van der Waals surface area contributed by atoms with E-state index in [1.54, 1.807) is 12.1 Å². The minimum Gasteiger partial charge on any atom is -0.447 e. The van der Waals surface area contributed by atoms with E-state index in [2.05, 4.69) is 15.5 Å². The third-order valence-electron chi connectivity index (χ3n) is 4.96. The largest absolute Gasteiger partial charge is 0.447 e. The smallest absolute Gasteiger partial charge is 0.410 e. The van der Waals surface area contributed by atoms with Crippen LogP contribution in [0.15, 0.2) is 24.3 Å². The van der Waals surface area contributed by atoms with Crippen LogP contribution in [0.2, 0.25) is 0 Å². The van der Waals surface area contributed by atoms with Gasteiger partial charge in [0, 0.05) is 32.2 Å². The number of nitrogens with one attached hydrogen (secondary N) is 2. The van der Waals surface area contributed by atoms with Gasteiger partial charge in [-0.3, -0.25) is 19.4 Å². The van der Waals surface area contributed by atoms with Crippen molar-refractivity contribution < 1.29 is 23.9 Å². The highest BCUT2D eigenvalue weighted by atomic mass is 16.6. The Morgan fingerprint density at radius 2 is 1.90 bits per heavy atom. The minimum atomic E-state index is -0.638. The van der Waals surface area contributed by atoms with Crippen molar-refractivity contribution in [2.45, 2.75) is 25.9 Å². The Hall–Kier alpha value is -2.65. The lowest BCUT2D eigenvalue weighted by molar-refractivity contribution is -0.125. The van der Waals surface area contributed by atoms with Gasteiger partial charge in [-0.25, -0.2) is 4.79 Å². The van der Waals surface area contributed by atoms with Gasteiger partial charge >= 0.3 is 6.09 Å². The number of anilines is 1. The quantitative estimate of drug-likeness (QED) is 0.622. The molecule has 2 aliphatic rings. The van der Waals surface area contributed by atoms with Crippen LogP contribution in [0.3, 0.4) is 0 Å². The number of morpholine rings is 1. The van der Waals surface area contributed by atoms with Crippen LogP contribution < -0.4 is 10.6 Å². The average Bonchev–Trinajstić information content (AvgIpc) is 3.07. The molecule has 9 nitrogen and oxygen atoms in total. The van der Waals surface area contributed by atoms with Crippen molar-refractivity contribution in [3.63, 3.8) is 0 Å². The van der Waals surface area contributed by atoms with E-state index in [4.69, 9.17) is 9.47 Å². The lowest BCUT2D eigenvalue weighted by Crippen LogP contribution is -2.46. The molecule has 2 aliphatic heterocycles. The second-order valence-electron chi connectivity index (χ2n) is 7.20. The van der Waals surface area contributed by atoms with E-state index >= 15 is 0 Å². The molecule has 2 N–H and O–H groups in total. The maximum atomic E-state index is 12.6. The molecule has 158 valence electrons. The summed E-state index contributed by atoms with van der Waals surface area (Å²) in [5.74, 6) is -0.348. The molecule has 0 aliphatic carbocycles. The van der Waals surface area contributed by atoms with Crippen LogP contribution in [0.25, 0.3) is 0 Å². The molecule has 1 atom stereocenters. The van der Waals surface area contributed by atoms with Crippen molar-refractivity contribution in [2.24, 2.45) is 0 Å². The third-order valence-corrected chi connectivity index (χ3v) is 4.96. The van der Waals surface area contributed by atoms with E-state index in [1.165, 1.54) is 11.8 Å². The summed E-state index contributed by atoms with van der Waals surface area (Å²) < 4.78 is 10.4. The molecule has 1 aromatic carbocycles. The molecular weight excluding hydrogens is 376 g/mol. The number of carbonyl (C=O) groups excluding carboxylic acids is 3. The lowest BCUT2D eigenvalue weighted by atomic mass is 10.1. The Kier molecular flexibility index (Phi) is 7.42. The summed E-state index contributed by atoms with van der Waals surface area (Å²) in [4.78, 5) is 39.5. The molecule has 29 heavy (non-hydrogen) atoms. The molecular formula is C20H28N4O5. The van der Waals surface area contributed by atoms with Gasteiger partial charge in [0.25, 0.3) is 0 Å². The van der Waals surface area contributed by atoms with Crippen LogP contribution in [0.4, 0.5) is 10.5 Å². The first-order valence-corrected chi connectivity index (χ1v) is 9.90. The molecule has 0 aromatic heterocycles. The Morgan fingerprint density at radius 1 is 1.17 bits per heavy atom. The van der Waals surface area contributed by atoms with E-state index in [0.717, 1.165) is 44.8 Å². The molecule has 1 aromatic rings. The zero-order valence-corrected chi connectivity index (χ0v) is 16.7. The predicted molar refractivity (Wildman–Crippen MR) is 106 cm³/mol. The molecule has 0 spiro atoms. The second kappa shape index (κ2) is 10.2. The fourth-order valence-corrected chi connectivity index (χ4v) is 3.39. The number of amides is 3. The van der Waals surface area contributed by atoms with Crippen molar-refractivity contribution in [2.75, 3.05) is 51.3 Å². The maximum Gasteiger partial charge on any atom is 0.410 e. The van der Waals surface area contributed by atoms with Crippen LogP contribution in [0.5, 0.6) is 0 Å². The summed E-state index contributed by atoms with van der Waals surface area (Å²) in [5, 5.41) is 5.61. The Bertz CT molecular complexity index is 718. The van der Waals surface area contributed by atoms with Crippen molar-refractivity contribution in [3.05, 3.63) is 29.8 Å². The fraction of sp³-hybridized carbons (Fsp3) is 0.550. The van der Waals surface area contributed by atoms with E-state index in [0.29, 0.717) is 12.2 Å². The number of hydrogen-bond donors (Lipinski definition) is 2. The normalized spacial score (nSPS) is 19.7. The highest BCUT2D eigenvalue weighted by Gasteiger charge is 2.37. The van der Waals surface area contributed by atoms with Crippen molar-refractivity contribution in [3.8, 4) is 0 Å². The fourth-order valence-electron chi connectivity index (χ4n) is 3.39. The van der Waals surface area contributed by atoms with E-state index in [1.807, 2.05) is 12.1 Å². The first-order chi connectivity index (χ1) is 14.0. The van der Waals surface area contributed by atoms with Gasteiger partial charge < -0.3 is 20.1 Å². The Morgan fingerprint density at radius 3 is 2.59 bits per heavy atom. The number of cyclic esters (lactones) is 1. The summed E-state index contributed by atoms with van der Waals surface area (Å²) in [5.41, 5.74) is 1.53. The lowest BCUT2D eigenvalue weighted by Gasteiger charge is -2.26. The SMILES string of the molecule is CC(=O)Nc1ccc(CN2C(=O)OC[C@H]2C(=O)NCCCN2CCOCC2)cc1. The van der Waals surface area contributed by atoms with Crippen LogP contribution in [-0.2, 0) is 25.6 Å². The van der Waals surface area contributed by atoms with Crippen LogP contribution in [0, 0.1) is 0 Å².